The van der Waals surface area contributed by atoms with Gasteiger partial charge < -0.3 is 14.2 Å². The standard InChI is InChI=1S/C31H33BrIN5O5S/c1-41-24-10-4-21(5-11-24)18-37(19-22-6-12-25(42-2)13-7-22)44(39,40)30-27(32)16-17-28(33)29(30)31-34-36-38(35-31)20-23-8-14-26(43-3)15-9-23/h4-17,31,34-36H,18-20H2,1-3H3. The molecular formula is C31H33BrIN5O5S. The molecule has 3 N–H and O–H groups in total. The number of hydrogen-bond acceptors (Lipinski definition) is 9. The Balaban J connectivity index is 1.48. The highest BCUT2D eigenvalue weighted by Crippen LogP contribution is 2.37. The van der Waals surface area contributed by atoms with Crippen molar-refractivity contribution >= 4 is 48.5 Å². The highest BCUT2D eigenvalue weighted by Gasteiger charge is 2.36. The van der Waals surface area contributed by atoms with E-state index in [1.54, 1.807) is 32.5 Å². The number of methoxy groups -OCH3 is 3. The maximum absolute atomic E-state index is 14.7. The summed E-state index contributed by atoms with van der Waals surface area (Å²) < 4.78 is 48.1. The number of rotatable bonds is 12. The minimum atomic E-state index is -4.06. The quantitative estimate of drug-likeness (QED) is 0.161. The van der Waals surface area contributed by atoms with Gasteiger partial charge in [0.05, 0.1) is 27.9 Å². The maximum Gasteiger partial charge on any atom is 0.245 e. The second-order valence-electron chi connectivity index (χ2n) is 9.99. The van der Waals surface area contributed by atoms with Gasteiger partial charge in [-0.15, -0.1) is 0 Å². The molecule has 4 aromatic carbocycles. The lowest BCUT2D eigenvalue weighted by molar-refractivity contribution is 0.155. The predicted molar refractivity (Wildman–Crippen MR) is 180 cm³/mol. The monoisotopic (exact) mass is 793 g/mol. The SMILES string of the molecule is COc1ccc(CN2NNC(c3c(I)ccc(Br)c3S(=O)(=O)N(Cc3ccc(OC)cc3)Cc3ccc(OC)cc3)N2)cc1. The van der Waals surface area contributed by atoms with Gasteiger partial charge in [0.25, 0.3) is 0 Å². The number of nitrogens with zero attached hydrogens (tertiary/aromatic N) is 2. The number of hydrogen-bond donors (Lipinski definition) is 3. The number of hydrazine groups is 3. The molecule has 1 atom stereocenters. The van der Waals surface area contributed by atoms with E-state index in [0.717, 1.165) is 26.0 Å². The smallest absolute Gasteiger partial charge is 0.245 e. The Kier molecular flexibility index (Phi) is 10.8. The second-order valence-corrected chi connectivity index (χ2v) is 13.9. The highest BCUT2D eigenvalue weighted by molar-refractivity contribution is 14.1. The fraction of sp³-hybridized carbons (Fsp3) is 0.226. The average molecular weight is 795 g/mol. The first kappa shape index (κ1) is 32.6. The average Bonchev–Trinajstić information content (AvgIpc) is 3.50. The summed E-state index contributed by atoms with van der Waals surface area (Å²) in [5.74, 6) is 2.18. The van der Waals surface area contributed by atoms with Crippen LogP contribution in [0.2, 0.25) is 0 Å². The molecule has 0 aromatic heterocycles. The molecule has 1 heterocycles. The van der Waals surface area contributed by atoms with Crippen LogP contribution in [0.25, 0.3) is 0 Å². The molecule has 0 amide bonds. The molecular weight excluding hydrogens is 761 g/mol. The molecule has 1 fully saturated rings. The van der Waals surface area contributed by atoms with Crippen LogP contribution in [-0.2, 0) is 29.7 Å². The van der Waals surface area contributed by atoms with Crippen LogP contribution in [0.5, 0.6) is 17.2 Å². The Morgan fingerprint density at radius 3 is 1.73 bits per heavy atom. The Morgan fingerprint density at radius 2 is 1.25 bits per heavy atom. The minimum absolute atomic E-state index is 0.156. The van der Waals surface area contributed by atoms with Gasteiger partial charge in [0, 0.05) is 26.7 Å². The molecule has 5 rings (SSSR count). The van der Waals surface area contributed by atoms with Crippen molar-refractivity contribution in [2.75, 3.05) is 21.3 Å². The molecule has 1 aliphatic rings. The summed E-state index contributed by atoms with van der Waals surface area (Å²) in [5, 5.41) is 1.78. The van der Waals surface area contributed by atoms with E-state index >= 15 is 0 Å². The van der Waals surface area contributed by atoms with Crippen LogP contribution >= 0.6 is 38.5 Å². The Morgan fingerprint density at radius 1 is 0.773 bits per heavy atom. The van der Waals surface area contributed by atoms with Gasteiger partial charge in [-0.1, -0.05) is 36.4 Å². The van der Waals surface area contributed by atoms with Gasteiger partial charge in [-0.25, -0.2) is 19.3 Å². The molecule has 0 radical (unpaired) electrons. The lowest BCUT2D eigenvalue weighted by atomic mass is 10.2. The highest BCUT2D eigenvalue weighted by atomic mass is 127. The molecule has 0 spiro atoms. The zero-order chi connectivity index (χ0) is 31.3. The molecule has 4 aromatic rings. The van der Waals surface area contributed by atoms with E-state index in [2.05, 4.69) is 54.9 Å². The van der Waals surface area contributed by atoms with Crippen molar-refractivity contribution in [3.8, 4) is 17.2 Å². The van der Waals surface area contributed by atoms with Gasteiger partial charge in [0.15, 0.2) is 0 Å². The van der Waals surface area contributed by atoms with Crippen LogP contribution < -0.4 is 30.6 Å². The van der Waals surface area contributed by atoms with Gasteiger partial charge in [-0.3, -0.25) is 0 Å². The minimum Gasteiger partial charge on any atom is -0.497 e. The van der Waals surface area contributed by atoms with E-state index in [1.807, 2.05) is 78.9 Å². The molecule has 1 saturated heterocycles. The maximum atomic E-state index is 14.7. The molecule has 1 unspecified atom stereocenters. The molecule has 0 saturated carbocycles. The number of sulfonamides is 1. The van der Waals surface area contributed by atoms with E-state index in [1.165, 1.54) is 4.31 Å². The van der Waals surface area contributed by atoms with Gasteiger partial charge in [-0.2, -0.15) is 15.0 Å². The van der Waals surface area contributed by atoms with Crippen LogP contribution in [-0.4, -0.2) is 39.2 Å². The lowest BCUT2D eigenvalue weighted by Gasteiger charge is -2.27. The third kappa shape index (κ3) is 7.54. The van der Waals surface area contributed by atoms with E-state index in [-0.39, 0.29) is 18.0 Å². The van der Waals surface area contributed by atoms with Crippen molar-refractivity contribution in [3.63, 3.8) is 0 Å². The van der Waals surface area contributed by atoms with Crippen LogP contribution in [0.3, 0.4) is 0 Å². The van der Waals surface area contributed by atoms with Crippen molar-refractivity contribution in [2.24, 2.45) is 0 Å². The fourth-order valence-corrected chi connectivity index (χ4v) is 8.42. The largest absolute Gasteiger partial charge is 0.497 e. The van der Waals surface area contributed by atoms with Crippen molar-refractivity contribution in [3.05, 3.63) is 115 Å². The number of nitrogens with one attached hydrogen (secondary N) is 3. The third-order valence-electron chi connectivity index (χ3n) is 7.15. The van der Waals surface area contributed by atoms with Crippen LogP contribution in [0.15, 0.2) is 94.3 Å². The molecule has 232 valence electrons. The normalized spacial score (nSPS) is 15.5. The van der Waals surface area contributed by atoms with Gasteiger partial charge in [0.1, 0.15) is 28.3 Å². The van der Waals surface area contributed by atoms with Crippen LogP contribution in [0.4, 0.5) is 0 Å². The van der Waals surface area contributed by atoms with E-state index < -0.39 is 16.2 Å². The number of ether oxygens (including phenoxy) is 3. The van der Waals surface area contributed by atoms with Crippen molar-refractivity contribution in [2.45, 2.75) is 30.7 Å². The molecule has 13 heteroatoms. The molecule has 0 aliphatic carbocycles. The summed E-state index contributed by atoms with van der Waals surface area (Å²) in [4.78, 5) is 0.185. The molecule has 0 bridgehead atoms. The zero-order valence-corrected chi connectivity index (χ0v) is 28.9. The fourth-order valence-electron chi connectivity index (χ4n) is 4.80. The summed E-state index contributed by atoms with van der Waals surface area (Å²) in [7, 11) is 0.779. The van der Waals surface area contributed by atoms with Crippen molar-refractivity contribution in [1.29, 1.82) is 0 Å². The first-order valence-electron chi connectivity index (χ1n) is 13.6. The third-order valence-corrected chi connectivity index (χ3v) is 10.9. The summed E-state index contributed by atoms with van der Waals surface area (Å²) in [6.45, 7) is 0.827. The molecule has 1 aliphatic heterocycles. The Labute approximate surface area is 279 Å². The Bertz CT molecular complexity index is 1630. The lowest BCUT2D eigenvalue weighted by Crippen LogP contribution is -2.39. The van der Waals surface area contributed by atoms with E-state index in [4.69, 9.17) is 14.2 Å². The molecule has 10 nitrogen and oxygen atoms in total. The van der Waals surface area contributed by atoms with E-state index in [9.17, 15) is 8.42 Å². The van der Waals surface area contributed by atoms with Crippen LogP contribution in [0, 0.1) is 3.57 Å². The van der Waals surface area contributed by atoms with Gasteiger partial charge in [0.2, 0.25) is 10.0 Å². The van der Waals surface area contributed by atoms with Crippen LogP contribution in [0.1, 0.15) is 28.4 Å². The van der Waals surface area contributed by atoms with Gasteiger partial charge in [-0.05, 0) is 104 Å². The predicted octanol–water partition coefficient (Wildman–Crippen LogP) is 5.50. The summed E-state index contributed by atoms with van der Waals surface area (Å²) >= 11 is 5.77. The second kappa shape index (κ2) is 14.6. The first-order valence-corrected chi connectivity index (χ1v) is 16.9. The summed E-state index contributed by atoms with van der Waals surface area (Å²) in [6.07, 6.45) is -0.536. The van der Waals surface area contributed by atoms with E-state index in [0.29, 0.717) is 28.1 Å². The number of benzene rings is 4. The Hall–Kier alpha value is -2.76. The summed E-state index contributed by atoms with van der Waals surface area (Å²) in [5.41, 5.74) is 13.0. The van der Waals surface area contributed by atoms with Gasteiger partial charge >= 0.3 is 0 Å². The number of halogens is 2. The van der Waals surface area contributed by atoms with Crippen molar-refractivity contribution < 1.29 is 22.6 Å². The topological polar surface area (TPSA) is 104 Å². The summed E-state index contributed by atoms with van der Waals surface area (Å²) in [6, 6.07) is 26.2. The zero-order valence-electron chi connectivity index (χ0n) is 24.4. The first-order chi connectivity index (χ1) is 21.2. The molecule has 44 heavy (non-hydrogen) atoms. The van der Waals surface area contributed by atoms with Crippen molar-refractivity contribution in [1.82, 2.24) is 25.8 Å².